The van der Waals surface area contributed by atoms with Crippen molar-refractivity contribution in [2.24, 2.45) is 0 Å². The Balaban J connectivity index is 0.00000256. The first-order valence-electron chi connectivity index (χ1n) is 5.51. The molecule has 0 fully saturated rings. The molecule has 2 unspecified atom stereocenters. The van der Waals surface area contributed by atoms with Gasteiger partial charge >= 0.3 is 0 Å². The summed E-state index contributed by atoms with van der Waals surface area (Å²) in [5, 5.41) is 21.2. The van der Waals surface area contributed by atoms with Crippen molar-refractivity contribution >= 4 is 0 Å². The lowest BCUT2D eigenvalue weighted by Gasteiger charge is -2.17. The molecule has 3 nitrogen and oxygen atoms in total. The van der Waals surface area contributed by atoms with Crippen LogP contribution in [0.5, 0.6) is 5.75 Å². The van der Waals surface area contributed by atoms with Gasteiger partial charge in [0.25, 0.3) is 0 Å². The third kappa shape index (κ3) is 5.35. The van der Waals surface area contributed by atoms with Gasteiger partial charge in [-0.1, -0.05) is 12.1 Å². The van der Waals surface area contributed by atoms with Gasteiger partial charge in [-0.15, -0.1) is 0 Å². The molecule has 0 saturated heterocycles. The predicted octanol–water partition coefficient (Wildman–Crippen LogP) is -2.26. The number of hydrogen-bond acceptors (Lipinski definition) is 2. The second-order valence-electron chi connectivity index (χ2n) is 3.97. The molecule has 0 aliphatic carbocycles. The van der Waals surface area contributed by atoms with Crippen molar-refractivity contribution in [3.05, 3.63) is 29.8 Å². The summed E-state index contributed by atoms with van der Waals surface area (Å²) in [4.78, 5) is 0. The van der Waals surface area contributed by atoms with Crippen LogP contribution >= 0.6 is 0 Å². The molecule has 0 bridgehead atoms. The van der Waals surface area contributed by atoms with E-state index in [0.29, 0.717) is 18.5 Å². The van der Waals surface area contributed by atoms with Gasteiger partial charge in [0, 0.05) is 6.42 Å². The van der Waals surface area contributed by atoms with E-state index >= 15 is 0 Å². The number of halogens is 2. The van der Waals surface area contributed by atoms with Gasteiger partial charge in [0.1, 0.15) is 17.9 Å². The minimum absolute atomic E-state index is 0. The predicted molar refractivity (Wildman–Crippen MR) is 59.9 cm³/mol. The minimum atomic E-state index is -0.647. The van der Waals surface area contributed by atoms with Crippen LogP contribution in [-0.2, 0) is 0 Å². The van der Waals surface area contributed by atoms with E-state index in [0.717, 1.165) is 0 Å². The Morgan fingerprint density at radius 1 is 1.41 bits per heavy atom. The molecule has 0 spiro atoms. The van der Waals surface area contributed by atoms with Crippen LogP contribution in [0.1, 0.15) is 25.0 Å². The molecule has 0 heterocycles. The van der Waals surface area contributed by atoms with Crippen molar-refractivity contribution in [3.8, 4) is 5.75 Å². The van der Waals surface area contributed by atoms with Crippen molar-refractivity contribution in [2.45, 2.75) is 25.5 Å². The highest BCUT2D eigenvalue weighted by atomic mass is 35.5. The van der Waals surface area contributed by atoms with Crippen LogP contribution < -0.4 is 17.7 Å². The van der Waals surface area contributed by atoms with Gasteiger partial charge in [0.15, 0.2) is 0 Å². The van der Waals surface area contributed by atoms with Gasteiger partial charge in [-0.05, 0) is 24.6 Å². The highest BCUT2D eigenvalue weighted by Crippen LogP contribution is 2.19. The van der Waals surface area contributed by atoms with E-state index < -0.39 is 6.10 Å². The lowest BCUT2D eigenvalue weighted by molar-refractivity contribution is -0.694. The van der Waals surface area contributed by atoms with E-state index in [1.54, 1.807) is 24.3 Å². The molecule has 17 heavy (non-hydrogen) atoms. The van der Waals surface area contributed by atoms with Crippen LogP contribution in [0, 0.1) is 0 Å². The Morgan fingerprint density at radius 2 is 2.12 bits per heavy atom. The van der Waals surface area contributed by atoms with E-state index in [1.807, 2.05) is 12.2 Å². The highest BCUT2D eigenvalue weighted by molar-refractivity contribution is 5.28. The maximum atomic E-state index is 11.9. The van der Waals surface area contributed by atoms with Crippen LogP contribution in [0.15, 0.2) is 24.3 Å². The number of aliphatic hydroxyl groups excluding tert-OH is 1. The van der Waals surface area contributed by atoms with Gasteiger partial charge in [-0.25, -0.2) is 0 Å². The van der Waals surface area contributed by atoms with Crippen LogP contribution in [0.3, 0.4) is 0 Å². The van der Waals surface area contributed by atoms with Crippen LogP contribution in [0.25, 0.3) is 0 Å². The number of hydrogen-bond donors (Lipinski definition) is 3. The molecule has 1 rings (SSSR count). The molecule has 5 heteroatoms. The zero-order valence-electron chi connectivity index (χ0n) is 9.81. The maximum Gasteiger partial charge on any atom is 0.130 e. The maximum absolute atomic E-state index is 11.9. The zero-order valence-corrected chi connectivity index (χ0v) is 10.6. The van der Waals surface area contributed by atoms with Crippen molar-refractivity contribution < 1.29 is 32.3 Å². The number of quaternary nitrogens is 1. The van der Waals surface area contributed by atoms with Gasteiger partial charge in [-0.3, -0.25) is 4.39 Å². The lowest BCUT2D eigenvalue weighted by atomic mass is 10.0. The fraction of sp³-hybridized carbons (Fsp3) is 0.500. The molecule has 1 aromatic carbocycles. The zero-order chi connectivity index (χ0) is 12.0. The van der Waals surface area contributed by atoms with Crippen molar-refractivity contribution in [1.29, 1.82) is 0 Å². The van der Waals surface area contributed by atoms with E-state index in [9.17, 15) is 14.6 Å². The Labute approximate surface area is 107 Å². The Hall–Kier alpha value is -0.840. The molecule has 0 amide bonds. The molecule has 0 aliphatic heterocycles. The Morgan fingerprint density at radius 3 is 2.71 bits per heavy atom. The third-order valence-electron chi connectivity index (χ3n) is 2.59. The molecular weight excluding hydrogens is 245 g/mol. The van der Waals surface area contributed by atoms with Gasteiger partial charge in [-0.2, -0.15) is 0 Å². The van der Waals surface area contributed by atoms with Gasteiger partial charge in [0.2, 0.25) is 0 Å². The van der Waals surface area contributed by atoms with Crippen LogP contribution in [-0.4, -0.2) is 29.5 Å². The highest BCUT2D eigenvalue weighted by Gasteiger charge is 2.18. The van der Waals surface area contributed by atoms with Gasteiger partial charge in [0.05, 0.1) is 13.2 Å². The molecule has 4 N–H and O–H groups in total. The lowest BCUT2D eigenvalue weighted by Crippen LogP contribution is -3.00. The molecule has 2 atom stereocenters. The quantitative estimate of drug-likeness (QED) is 0.508. The van der Waals surface area contributed by atoms with Crippen molar-refractivity contribution in [3.63, 3.8) is 0 Å². The number of phenols is 1. The van der Waals surface area contributed by atoms with E-state index in [2.05, 4.69) is 0 Å². The van der Waals surface area contributed by atoms with Crippen molar-refractivity contribution in [2.75, 3.05) is 13.2 Å². The smallest absolute Gasteiger partial charge is 0.130 e. The largest absolute Gasteiger partial charge is 1.00 e. The molecule has 98 valence electrons. The first-order valence-corrected chi connectivity index (χ1v) is 5.51. The number of phenolic OH excluding ortho intramolecular Hbond substituents is 1. The van der Waals surface area contributed by atoms with E-state index in [4.69, 9.17) is 0 Å². The summed E-state index contributed by atoms with van der Waals surface area (Å²) in [7, 11) is 0. The monoisotopic (exact) mass is 263 g/mol. The summed E-state index contributed by atoms with van der Waals surface area (Å²) in [5.74, 6) is 0.146. The second kappa shape index (κ2) is 8.28. The normalized spacial score (nSPS) is 13.8. The third-order valence-corrected chi connectivity index (χ3v) is 2.59. The topological polar surface area (TPSA) is 57.1 Å². The second-order valence-corrected chi connectivity index (χ2v) is 3.97. The average molecular weight is 264 g/mol. The minimum Gasteiger partial charge on any atom is -1.00 e. The fourth-order valence-electron chi connectivity index (χ4n) is 1.60. The average Bonchev–Trinajstić information content (AvgIpc) is 2.28. The Bertz CT molecular complexity index is 325. The first kappa shape index (κ1) is 16.2. The summed E-state index contributed by atoms with van der Waals surface area (Å²) in [5.41, 5.74) is 0.684. The number of aliphatic hydroxyl groups is 1. The summed E-state index contributed by atoms with van der Waals surface area (Å²) in [6, 6.07) is 6.53. The molecule has 1 aromatic rings. The fourth-order valence-corrected chi connectivity index (χ4v) is 1.60. The molecule has 0 aromatic heterocycles. The molecular formula is C12H19ClFNO2. The number of alkyl halides is 1. The number of rotatable bonds is 6. The van der Waals surface area contributed by atoms with E-state index in [-0.39, 0.29) is 30.9 Å². The van der Waals surface area contributed by atoms with Crippen LogP contribution in [0.4, 0.5) is 4.39 Å². The number of aromatic hydroxyl groups is 1. The molecule has 0 radical (unpaired) electrons. The van der Waals surface area contributed by atoms with Crippen LogP contribution in [0.2, 0.25) is 0 Å². The summed E-state index contributed by atoms with van der Waals surface area (Å²) in [6.45, 7) is 2.21. The standard InChI is InChI=1S/C12H18FNO2.ClH/c1-9(14-7-3-6-13)12(16)10-4-2-5-11(15)8-10;/h2,4-5,8-9,12,14-16H,3,6-7H2,1H3;1H. The number of nitrogens with two attached hydrogens (primary N) is 1. The summed E-state index contributed by atoms with van der Waals surface area (Å²) < 4.78 is 11.9. The van der Waals surface area contributed by atoms with E-state index in [1.165, 1.54) is 0 Å². The first-order chi connectivity index (χ1) is 7.65. The number of benzene rings is 1. The Kier molecular flexibility index (Phi) is 7.87. The SMILES string of the molecule is CC([NH2+]CCCF)C(O)c1cccc(O)c1.[Cl-]. The molecule has 0 saturated carbocycles. The van der Waals surface area contributed by atoms with Gasteiger partial charge < -0.3 is 27.9 Å². The summed E-state index contributed by atoms with van der Waals surface area (Å²) in [6.07, 6.45) is -0.149. The molecule has 0 aliphatic rings. The van der Waals surface area contributed by atoms with Crippen molar-refractivity contribution in [1.82, 2.24) is 0 Å². The summed E-state index contributed by atoms with van der Waals surface area (Å²) >= 11 is 0.